The summed E-state index contributed by atoms with van der Waals surface area (Å²) < 4.78 is 57.4. The van der Waals surface area contributed by atoms with E-state index in [1.807, 2.05) is 6.92 Å². The lowest BCUT2D eigenvalue weighted by Crippen LogP contribution is -2.24. The maximum atomic E-state index is 14.0. The van der Waals surface area contributed by atoms with Crippen molar-refractivity contribution in [1.82, 2.24) is 5.32 Å². The van der Waals surface area contributed by atoms with Gasteiger partial charge in [-0.2, -0.15) is 13.2 Å². The lowest BCUT2D eigenvalue weighted by molar-refractivity contribution is -0.142. The normalized spacial score (nSPS) is 12.3. The molecule has 0 aliphatic rings. The largest absolute Gasteiger partial charge is 0.496 e. The smallest absolute Gasteiger partial charge is 0.416 e. The van der Waals surface area contributed by atoms with Crippen molar-refractivity contribution in [1.29, 1.82) is 0 Å². The number of carboxylic acid groups (broad SMARTS) is 1. The van der Waals surface area contributed by atoms with Gasteiger partial charge in [-0.15, -0.1) is 0 Å². The predicted octanol–water partition coefficient (Wildman–Crippen LogP) is 5.22. The lowest BCUT2D eigenvalue weighted by Gasteiger charge is -2.15. The number of hydrogen-bond donors (Lipinski definition) is 2. The van der Waals surface area contributed by atoms with Crippen LogP contribution in [0.5, 0.6) is 5.75 Å². The minimum absolute atomic E-state index is 0.0804. The Morgan fingerprint density at radius 1 is 1.16 bits per heavy atom. The zero-order valence-electron chi connectivity index (χ0n) is 17.8. The zero-order chi connectivity index (χ0) is 23.9. The molecular formula is C23H25F4NO4. The van der Waals surface area contributed by atoms with Gasteiger partial charge in [0, 0.05) is 12.1 Å². The van der Waals surface area contributed by atoms with E-state index in [4.69, 9.17) is 4.74 Å². The molecule has 2 aromatic rings. The number of hydrogen-bond acceptors (Lipinski definition) is 3. The second-order valence-electron chi connectivity index (χ2n) is 7.40. The van der Waals surface area contributed by atoms with Crippen LogP contribution < -0.4 is 10.1 Å². The van der Waals surface area contributed by atoms with Gasteiger partial charge in [0.15, 0.2) is 0 Å². The third kappa shape index (κ3) is 6.70. The molecule has 1 atom stereocenters. The number of alkyl halides is 3. The van der Waals surface area contributed by atoms with Crippen LogP contribution >= 0.6 is 0 Å². The molecule has 0 bridgehead atoms. The van der Waals surface area contributed by atoms with E-state index < -0.39 is 40.9 Å². The Morgan fingerprint density at radius 3 is 2.44 bits per heavy atom. The SMILES string of the molecule is CCCCC(Cc1ccc(OC)c(CNC(=O)c2ccc(C(F)(F)F)cc2F)c1)C(=O)O. The number of carbonyl (C=O) groups is 2. The summed E-state index contributed by atoms with van der Waals surface area (Å²) in [5.74, 6) is -3.16. The van der Waals surface area contributed by atoms with Gasteiger partial charge in [-0.05, 0) is 42.7 Å². The molecule has 0 spiro atoms. The number of nitrogens with one attached hydrogen (secondary N) is 1. The van der Waals surface area contributed by atoms with Crippen LogP contribution in [0.2, 0.25) is 0 Å². The molecule has 0 saturated carbocycles. The standard InChI is InChI=1S/C23H25F4NO4/c1-3-4-5-15(22(30)31)10-14-6-9-20(32-2)16(11-14)13-28-21(29)18-8-7-17(12-19(18)24)23(25,26)27/h6-9,11-12,15H,3-5,10,13H2,1-2H3,(H,28,29)(H,30,31). The highest BCUT2D eigenvalue weighted by molar-refractivity contribution is 5.94. The van der Waals surface area contributed by atoms with Crippen LogP contribution in [0, 0.1) is 11.7 Å². The second kappa shape index (κ2) is 11.0. The number of methoxy groups -OCH3 is 1. The van der Waals surface area contributed by atoms with Crippen LogP contribution in [-0.2, 0) is 23.9 Å². The van der Waals surface area contributed by atoms with Crippen LogP contribution in [0.3, 0.4) is 0 Å². The quantitative estimate of drug-likeness (QED) is 0.482. The van der Waals surface area contributed by atoms with Gasteiger partial charge >= 0.3 is 12.1 Å². The van der Waals surface area contributed by atoms with Gasteiger partial charge in [0.1, 0.15) is 11.6 Å². The first-order valence-electron chi connectivity index (χ1n) is 10.1. The number of aliphatic carboxylic acids is 1. The summed E-state index contributed by atoms with van der Waals surface area (Å²) in [7, 11) is 1.43. The van der Waals surface area contributed by atoms with Gasteiger partial charge in [-0.1, -0.05) is 31.9 Å². The predicted molar refractivity (Wildman–Crippen MR) is 110 cm³/mol. The number of rotatable bonds is 10. The molecular weight excluding hydrogens is 430 g/mol. The summed E-state index contributed by atoms with van der Waals surface area (Å²) >= 11 is 0. The van der Waals surface area contributed by atoms with Crippen LogP contribution in [0.1, 0.15) is 53.2 Å². The minimum atomic E-state index is -4.71. The van der Waals surface area contributed by atoms with E-state index in [0.29, 0.717) is 30.2 Å². The fourth-order valence-corrected chi connectivity index (χ4v) is 3.29. The molecule has 0 heterocycles. The summed E-state index contributed by atoms with van der Waals surface area (Å²) in [5, 5.41) is 11.9. The molecule has 1 unspecified atom stereocenters. The fourth-order valence-electron chi connectivity index (χ4n) is 3.29. The van der Waals surface area contributed by atoms with E-state index in [0.717, 1.165) is 24.5 Å². The van der Waals surface area contributed by atoms with Crippen molar-refractivity contribution in [3.05, 3.63) is 64.5 Å². The number of ether oxygens (including phenoxy) is 1. The molecule has 32 heavy (non-hydrogen) atoms. The molecule has 1 amide bonds. The molecule has 2 aromatic carbocycles. The molecule has 0 radical (unpaired) electrons. The number of unbranched alkanes of at least 4 members (excludes halogenated alkanes) is 1. The molecule has 0 fully saturated rings. The van der Waals surface area contributed by atoms with Gasteiger partial charge in [0.05, 0.1) is 24.2 Å². The average Bonchev–Trinajstić information content (AvgIpc) is 2.74. The number of carboxylic acids is 1. The highest BCUT2D eigenvalue weighted by Gasteiger charge is 2.31. The summed E-state index contributed by atoms with van der Waals surface area (Å²) in [6.07, 6.45) is -2.21. The molecule has 0 aliphatic heterocycles. The molecule has 0 aliphatic carbocycles. The van der Waals surface area contributed by atoms with E-state index in [9.17, 15) is 32.3 Å². The maximum Gasteiger partial charge on any atom is 0.416 e. The van der Waals surface area contributed by atoms with E-state index >= 15 is 0 Å². The molecule has 9 heteroatoms. The van der Waals surface area contributed by atoms with Crippen molar-refractivity contribution >= 4 is 11.9 Å². The highest BCUT2D eigenvalue weighted by atomic mass is 19.4. The maximum absolute atomic E-state index is 14.0. The molecule has 174 valence electrons. The Kier molecular flexibility index (Phi) is 8.63. The van der Waals surface area contributed by atoms with Gasteiger partial charge in [-0.3, -0.25) is 9.59 Å². The third-order valence-electron chi connectivity index (χ3n) is 5.06. The van der Waals surface area contributed by atoms with Crippen molar-refractivity contribution in [3.63, 3.8) is 0 Å². The lowest BCUT2D eigenvalue weighted by atomic mass is 9.93. The zero-order valence-corrected chi connectivity index (χ0v) is 17.8. The fraction of sp³-hybridized carbons (Fsp3) is 0.391. The van der Waals surface area contributed by atoms with E-state index in [1.165, 1.54) is 7.11 Å². The van der Waals surface area contributed by atoms with Crippen LogP contribution in [0.25, 0.3) is 0 Å². The van der Waals surface area contributed by atoms with E-state index in [-0.39, 0.29) is 12.6 Å². The van der Waals surface area contributed by atoms with E-state index in [2.05, 4.69) is 5.32 Å². The molecule has 0 saturated heterocycles. The van der Waals surface area contributed by atoms with Gasteiger partial charge in [0.25, 0.3) is 5.91 Å². The number of carbonyl (C=O) groups excluding carboxylic acids is 1. The van der Waals surface area contributed by atoms with Crippen LogP contribution in [-0.4, -0.2) is 24.1 Å². The van der Waals surface area contributed by atoms with Crippen molar-refractivity contribution in [2.45, 2.75) is 45.3 Å². The highest BCUT2D eigenvalue weighted by Crippen LogP contribution is 2.30. The Morgan fingerprint density at radius 2 is 1.88 bits per heavy atom. The average molecular weight is 455 g/mol. The van der Waals surface area contributed by atoms with Crippen LogP contribution in [0.4, 0.5) is 17.6 Å². The van der Waals surface area contributed by atoms with Gasteiger partial charge in [0.2, 0.25) is 0 Å². The summed E-state index contributed by atoms with van der Waals surface area (Å²) in [5.41, 5.74) is -0.430. The monoisotopic (exact) mass is 455 g/mol. The molecule has 0 aromatic heterocycles. The first kappa shape index (κ1) is 25.2. The van der Waals surface area contributed by atoms with Crippen molar-refractivity contribution < 1.29 is 37.0 Å². The Bertz CT molecular complexity index is 959. The van der Waals surface area contributed by atoms with Gasteiger partial charge < -0.3 is 15.2 Å². The number of halogens is 4. The topological polar surface area (TPSA) is 75.6 Å². The van der Waals surface area contributed by atoms with Crippen molar-refractivity contribution in [2.24, 2.45) is 5.92 Å². The van der Waals surface area contributed by atoms with Gasteiger partial charge in [-0.25, -0.2) is 4.39 Å². The van der Waals surface area contributed by atoms with E-state index in [1.54, 1.807) is 18.2 Å². The number of benzene rings is 2. The second-order valence-corrected chi connectivity index (χ2v) is 7.40. The number of amides is 1. The Balaban J connectivity index is 2.15. The first-order chi connectivity index (χ1) is 15.1. The molecule has 2 N–H and O–H groups in total. The van der Waals surface area contributed by atoms with Crippen LogP contribution in [0.15, 0.2) is 36.4 Å². The first-order valence-corrected chi connectivity index (χ1v) is 10.1. The Labute approximate surface area is 183 Å². The summed E-state index contributed by atoms with van der Waals surface area (Å²) in [4.78, 5) is 23.8. The summed E-state index contributed by atoms with van der Waals surface area (Å²) in [6, 6.07) is 6.78. The third-order valence-corrected chi connectivity index (χ3v) is 5.06. The molecule has 5 nitrogen and oxygen atoms in total. The summed E-state index contributed by atoms with van der Waals surface area (Å²) in [6.45, 7) is 1.90. The Hall–Kier alpha value is -3.10. The molecule has 2 rings (SSSR count). The van der Waals surface area contributed by atoms with Crippen molar-refractivity contribution in [2.75, 3.05) is 7.11 Å². The van der Waals surface area contributed by atoms with Crippen molar-refractivity contribution in [3.8, 4) is 5.75 Å². The minimum Gasteiger partial charge on any atom is -0.496 e.